The Morgan fingerprint density at radius 3 is 2.92 bits per heavy atom. The minimum absolute atomic E-state index is 0.0187. The van der Waals surface area contributed by atoms with Gasteiger partial charge in [-0.2, -0.15) is 0 Å². The van der Waals surface area contributed by atoms with Crippen molar-refractivity contribution in [2.45, 2.75) is 37.9 Å². The van der Waals surface area contributed by atoms with Crippen LogP contribution in [0.3, 0.4) is 0 Å². The monoisotopic (exact) mass is 355 g/mol. The fraction of sp³-hybridized carbons (Fsp3) is 0.524. The van der Waals surface area contributed by atoms with Crippen molar-refractivity contribution in [2.75, 3.05) is 19.7 Å². The van der Waals surface area contributed by atoms with E-state index in [4.69, 9.17) is 9.47 Å². The van der Waals surface area contributed by atoms with E-state index in [-0.39, 0.29) is 18.0 Å². The van der Waals surface area contributed by atoms with Crippen molar-refractivity contribution in [3.63, 3.8) is 0 Å². The molecule has 3 aliphatic rings. The van der Waals surface area contributed by atoms with Crippen LogP contribution in [0.1, 0.15) is 25.3 Å². The van der Waals surface area contributed by atoms with Crippen LogP contribution in [-0.4, -0.2) is 48.2 Å². The van der Waals surface area contributed by atoms with Gasteiger partial charge in [-0.1, -0.05) is 55.8 Å². The van der Waals surface area contributed by atoms with Gasteiger partial charge in [-0.25, -0.2) is 0 Å². The molecule has 0 N–H and O–H groups in total. The van der Waals surface area contributed by atoms with Gasteiger partial charge in [-0.3, -0.25) is 9.59 Å². The third-order valence-corrected chi connectivity index (χ3v) is 5.71. The topological polar surface area (TPSA) is 55.8 Å². The second-order valence-corrected chi connectivity index (χ2v) is 7.42. The maximum Gasteiger partial charge on any atom is 0.312 e. The Morgan fingerprint density at radius 2 is 2.15 bits per heavy atom. The van der Waals surface area contributed by atoms with Gasteiger partial charge in [0.25, 0.3) is 0 Å². The van der Waals surface area contributed by atoms with Gasteiger partial charge in [0.05, 0.1) is 25.2 Å². The molecule has 2 fully saturated rings. The molecule has 3 aliphatic heterocycles. The first kappa shape index (κ1) is 17.3. The second-order valence-electron chi connectivity index (χ2n) is 7.42. The van der Waals surface area contributed by atoms with Crippen LogP contribution < -0.4 is 0 Å². The van der Waals surface area contributed by atoms with Gasteiger partial charge in [-0.05, 0) is 18.4 Å². The lowest BCUT2D eigenvalue weighted by Gasteiger charge is -2.22. The largest absolute Gasteiger partial charge is 0.465 e. The first-order valence-corrected chi connectivity index (χ1v) is 9.51. The van der Waals surface area contributed by atoms with Gasteiger partial charge in [0, 0.05) is 6.54 Å². The van der Waals surface area contributed by atoms with Crippen LogP contribution in [0.2, 0.25) is 0 Å². The highest BCUT2D eigenvalue weighted by atomic mass is 16.6. The number of benzene rings is 1. The molecule has 1 spiro atoms. The molecule has 5 nitrogen and oxygen atoms in total. The number of amides is 1. The molecule has 1 aromatic rings. The Balaban J connectivity index is 1.45. The number of likely N-dealkylation sites (tertiary alicyclic amines) is 1. The van der Waals surface area contributed by atoms with Crippen molar-refractivity contribution in [3.05, 3.63) is 48.0 Å². The molecule has 4 rings (SSSR count). The number of fused-ring (bicyclic) bond motifs is 1. The Morgan fingerprint density at radius 1 is 1.35 bits per heavy atom. The molecule has 0 aromatic heterocycles. The summed E-state index contributed by atoms with van der Waals surface area (Å²) in [6, 6.07) is 10.1. The number of unbranched alkanes of at least 4 members (excludes halogenated alkanes) is 1. The van der Waals surface area contributed by atoms with Crippen LogP contribution in [0.25, 0.3) is 0 Å². The minimum atomic E-state index is -0.646. The van der Waals surface area contributed by atoms with Crippen molar-refractivity contribution < 1.29 is 19.1 Å². The number of rotatable bonds is 7. The molecule has 0 saturated carbocycles. The molecule has 0 radical (unpaired) electrons. The fourth-order valence-corrected chi connectivity index (χ4v) is 4.36. The highest BCUT2D eigenvalue weighted by molar-refractivity contribution is 5.91. The first-order chi connectivity index (χ1) is 12.6. The van der Waals surface area contributed by atoms with Crippen molar-refractivity contribution in [2.24, 2.45) is 11.8 Å². The summed E-state index contributed by atoms with van der Waals surface area (Å²) in [5.41, 5.74) is 0.554. The summed E-state index contributed by atoms with van der Waals surface area (Å²) in [4.78, 5) is 27.5. The predicted molar refractivity (Wildman–Crippen MR) is 96.3 cm³/mol. The maximum absolute atomic E-state index is 13.0. The molecule has 26 heavy (non-hydrogen) atoms. The first-order valence-electron chi connectivity index (χ1n) is 9.51. The molecule has 1 amide bonds. The number of hydrogen-bond donors (Lipinski definition) is 0. The van der Waals surface area contributed by atoms with Crippen molar-refractivity contribution in [1.29, 1.82) is 0 Å². The van der Waals surface area contributed by atoms with Crippen LogP contribution in [0.5, 0.6) is 0 Å². The summed E-state index contributed by atoms with van der Waals surface area (Å²) in [6.07, 6.45) is 6.20. The molecule has 3 heterocycles. The summed E-state index contributed by atoms with van der Waals surface area (Å²) >= 11 is 0. The van der Waals surface area contributed by atoms with E-state index in [0.29, 0.717) is 19.7 Å². The summed E-state index contributed by atoms with van der Waals surface area (Å²) in [7, 11) is 0. The zero-order valence-electron chi connectivity index (χ0n) is 15.1. The second kappa shape index (κ2) is 6.88. The molecule has 0 aliphatic carbocycles. The van der Waals surface area contributed by atoms with E-state index >= 15 is 0 Å². The smallest absolute Gasteiger partial charge is 0.312 e. The number of esters is 1. The fourth-order valence-electron chi connectivity index (χ4n) is 4.36. The predicted octanol–water partition coefficient (Wildman–Crippen LogP) is 2.35. The average Bonchev–Trinajstić information content (AvgIpc) is 3.29. The summed E-state index contributed by atoms with van der Waals surface area (Å²) in [5.74, 6) is -1.23. The molecular formula is C21H25NO4. The van der Waals surface area contributed by atoms with E-state index in [9.17, 15) is 9.59 Å². The van der Waals surface area contributed by atoms with Crippen LogP contribution in [0.4, 0.5) is 0 Å². The van der Waals surface area contributed by atoms with Crippen LogP contribution >= 0.6 is 0 Å². The minimum Gasteiger partial charge on any atom is -0.465 e. The van der Waals surface area contributed by atoms with E-state index in [1.807, 2.05) is 35.3 Å². The van der Waals surface area contributed by atoms with Gasteiger partial charge in [0.2, 0.25) is 5.91 Å². The van der Waals surface area contributed by atoms with E-state index in [2.05, 4.69) is 19.1 Å². The maximum atomic E-state index is 13.0. The molecule has 2 saturated heterocycles. The zero-order valence-corrected chi connectivity index (χ0v) is 15.1. The number of carbonyl (C=O) groups excluding carboxylic acids is 2. The Labute approximate surface area is 154 Å². The average molecular weight is 355 g/mol. The zero-order chi connectivity index (χ0) is 18.1. The summed E-state index contributed by atoms with van der Waals surface area (Å²) < 4.78 is 11.5. The Kier molecular flexibility index (Phi) is 4.57. The molecule has 1 aromatic carbocycles. The lowest BCUT2D eigenvalue weighted by atomic mass is 9.77. The molecule has 2 unspecified atom stereocenters. The molecular weight excluding hydrogens is 330 g/mol. The highest BCUT2D eigenvalue weighted by Crippen LogP contribution is 2.52. The Hall–Kier alpha value is -2.14. The van der Waals surface area contributed by atoms with Crippen molar-refractivity contribution >= 4 is 11.9 Å². The van der Waals surface area contributed by atoms with E-state index in [1.165, 1.54) is 5.56 Å². The SMILES string of the molecule is CCCCOC(=O)C1[C@H]2C=CC3(CN(CCc4ccccc4)C(=O)[C@@H]13)O2. The third-order valence-electron chi connectivity index (χ3n) is 5.71. The standard InChI is InChI=1S/C21H25NO4/c1-2-3-13-25-20(24)17-16-9-11-21(26-16)14-22(19(23)18(17)21)12-10-15-7-5-4-6-8-15/h4-9,11,16-18H,2-3,10,12-14H2,1H3/t16-,17?,18-,21?/m1/s1. The van der Waals surface area contributed by atoms with Crippen LogP contribution in [0.15, 0.2) is 42.5 Å². The van der Waals surface area contributed by atoms with Crippen molar-refractivity contribution in [3.8, 4) is 0 Å². The van der Waals surface area contributed by atoms with Gasteiger partial charge < -0.3 is 14.4 Å². The van der Waals surface area contributed by atoms with Gasteiger partial charge >= 0.3 is 5.97 Å². The van der Waals surface area contributed by atoms with Crippen LogP contribution in [0, 0.1) is 11.8 Å². The molecule has 2 bridgehead atoms. The van der Waals surface area contributed by atoms with Gasteiger partial charge in [0.15, 0.2) is 0 Å². The quantitative estimate of drug-likeness (QED) is 0.428. The van der Waals surface area contributed by atoms with E-state index < -0.39 is 17.4 Å². The van der Waals surface area contributed by atoms with Crippen LogP contribution in [-0.2, 0) is 25.5 Å². The number of carbonyl (C=O) groups is 2. The number of nitrogens with zero attached hydrogens (tertiary/aromatic N) is 1. The lowest BCUT2D eigenvalue weighted by Crippen LogP contribution is -2.40. The third kappa shape index (κ3) is 2.84. The van der Waals surface area contributed by atoms with Gasteiger partial charge in [-0.15, -0.1) is 0 Å². The number of hydrogen-bond acceptors (Lipinski definition) is 4. The summed E-state index contributed by atoms with van der Waals surface area (Å²) in [5, 5.41) is 0. The highest BCUT2D eigenvalue weighted by Gasteiger charge is 2.67. The summed E-state index contributed by atoms with van der Waals surface area (Å²) in [6.45, 7) is 3.63. The number of ether oxygens (including phenoxy) is 2. The van der Waals surface area contributed by atoms with E-state index in [0.717, 1.165) is 19.3 Å². The van der Waals surface area contributed by atoms with Crippen molar-refractivity contribution in [1.82, 2.24) is 4.90 Å². The molecule has 4 atom stereocenters. The van der Waals surface area contributed by atoms with E-state index in [1.54, 1.807) is 0 Å². The Bertz CT molecular complexity index is 716. The van der Waals surface area contributed by atoms with Gasteiger partial charge in [0.1, 0.15) is 11.5 Å². The normalized spacial score (nSPS) is 31.5. The lowest BCUT2D eigenvalue weighted by molar-refractivity contribution is -0.153. The molecule has 5 heteroatoms. The molecule has 138 valence electrons.